The van der Waals surface area contributed by atoms with Crippen molar-refractivity contribution in [1.29, 1.82) is 0 Å². The Kier molecular flexibility index (Phi) is 8.02. The lowest BCUT2D eigenvalue weighted by Gasteiger charge is -2.26. The molecule has 0 fully saturated rings. The molecule has 1 atom stereocenters. The van der Waals surface area contributed by atoms with Gasteiger partial charge >= 0.3 is 5.97 Å². The SMILES string of the molecule is CCNC(C)(CCCCN(C)CC(F)F)C(=O)O. The van der Waals surface area contributed by atoms with E-state index in [4.69, 9.17) is 5.11 Å². The summed E-state index contributed by atoms with van der Waals surface area (Å²) >= 11 is 0. The number of carbonyl (C=O) groups is 1. The Bertz CT molecular complexity index is 252. The van der Waals surface area contributed by atoms with Crippen LogP contribution in [0.5, 0.6) is 0 Å². The van der Waals surface area contributed by atoms with Crippen LogP contribution in [0.1, 0.15) is 33.1 Å². The number of hydrogen-bond acceptors (Lipinski definition) is 3. The van der Waals surface area contributed by atoms with Crippen molar-refractivity contribution in [2.45, 2.75) is 45.1 Å². The smallest absolute Gasteiger partial charge is 0.323 e. The normalized spacial score (nSPS) is 15.1. The number of nitrogens with zero attached hydrogens (tertiary/aromatic N) is 1. The van der Waals surface area contributed by atoms with E-state index in [1.807, 2.05) is 6.92 Å². The van der Waals surface area contributed by atoms with E-state index >= 15 is 0 Å². The number of alkyl halides is 2. The minimum atomic E-state index is -2.32. The molecule has 18 heavy (non-hydrogen) atoms. The number of aliphatic carboxylic acids is 1. The number of carboxylic acid groups (broad SMARTS) is 1. The molecule has 0 saturated heterocycles. The molecular weight excluding hydrogens is 242 g/mol. The number of rotatable bonds is 10. The minimum Gasteiger partial charge on any atom is -0.480 e. The molecule has 2 N–H and O–H groups in total. The number of halogens is 2. The molecular formula is C12H24F2N2O2. The molecule has 0 aliphatic heterocycles. The Labute approximate surface area is 107 Å². The van der Waals surface area contributed by atoms with Gasteiger partial charge in [-0.25, -0.2) is 8.78 Å². The fraction of sp³-hybridized carbons (Fsp3) is 0.917. The van der Waals surface area contributed by atoms with Crippen molar-refractivity contribution in [1.82, 2.24) is 10.2 Å². The molecule has 6 heteroatoms. The fourth-order valence-electron chi connectivity index (χ4n) is 1.85. The second-order valence-corrected chi connectivity index (χ2v) is 4.78. The third-order valence-electron chi connectivity index (χ3n) is 2.96. The topological polar surface area (TPSA) is 52.6 Å². The van der Waals surface area contributed by atoms with Crippen molar-refractivity contribution in [2.75, 3.05) is 26.7 Å². The van der Waals surface area contributed by atoms with E-state index in [9.17, 15) is 13.6 Å². The molecule has 0 aliphatic rings. The van der Waals surface area contributed by atoms with Crippen molar-refractivity contribution in [3.05, 3.63) is 0 Å². The quantitative estimate of drug-likeness (QED) is 0.592. The van der Waals surface area contributed by atoms with Crippen LogP contribution in [0.4, 0.5) is 8.78 Å². The number of hydrogen-bond donors (Lipinski definition) is 2. The molecule has 0 aromatic carbocycles. The van der Waals surface area contributed by atoms with Gasteiger partial charge in [-0.15, -0.1) is 0 Å². The molecule has 0 aromatic heterocycles. The second-order valence-electron chi connectivity index (χ2n) is 4.78. The van der Waals surface area contributed by atoms with Crippen LogP contribution in [-0.2, 0) is 4.79 Å². The third kappa shape index (κ3) is 6.86. The summed E-state index contributed by atoms with van der Waals surface area (Å²) in [6, 6.07) is 0. The van der Waals surface area contributed by atoms with E-state index in [0.717, 1.165) is 6.42 Å². The maximum absolute atomic E-state index is 12.1. The molecule has 0 rings (SSSR count). The number of nitrogens with one attached hydrogen (secondary N) is 1. The van der Waals surface area contributed by atoms with Crippen molar-refractivity contribution in [3.63, 3.8) is 0 Å². The Hall–Kier alpha value is -0.750. The Morgan fingerprint density at radius 2 is 2.06 bits per heavy atom. The summed E-state index contributed by atoms with van der Waals surface area (Å²) in [5.74, 6) is -0.870. The van der Waals surface area contributed by atoms with Crippen LogP contribution in [0.3, 0.4) is 0 Å². The monoisotopic (exact) mass is 266 g/mol. The van der Waals surface area contributed by atoms with E-state index in [1.165, 1.54) is 0 Å². The van der Waals surface area contributed by atoms with E-state index in [0.29, 0.717) is 25.9 Å². The molecule has 1 unspecified atom stereocenters. The van der Waals surface area contributed by atoms with E-state index in [2.05, 4.69) is 5.32 Å². The van der Waals surface area contributed by atoms with Crippen LogP contribution in [0, 0.1) is 0 Å². The first-order chi connectivity index (χ1) is 8.31. The van der Waals surface area contributed by atoms with Crippen molar-refractivity contribution in [3.8, 4) is 0 Å². The minimum absolute atomic E-state index is 0.233. The zero-order valence-electron chi connectivity index (χ0n) is 11.4. The molecule has 0 radical (unpaired) electrons. The highest BCUT2D eigenvalue weighted by Gasteiger charge is 2.30. The average Bonchev–Trinajstić information content (AvgIpc) is 2.23. The zero-order valence-corrected chi connectivity index (χ0v) is 11.4. The van der Waals surface area contributed by atoms with Gasteiger partial charge < -0.3 is 15.3 Å². The van der Waals surface area contributed by atoms with Gasteiger partial charge in [0.05, 0.1) is 6.54 Å². The molecule has 0 bridgehead atoms. The number of unbranched alkanes of at least 4 members (excludes halogenated alkanes) is 1. The molecule has 0 spiro atoms. The van der Waals surface area contributed by atoms with Gasteiger partial charge in [0.1, 0.15) is 5.54 Å². The van der Waals surface area contributed by atoms with E-state index < -0.39 is 17.9 Å². The van der Waals surface area contributed by atoms with E-state index in [1.54, 1.807) is 18.9 Å². The predicted octanol–water partition coefficient (Wildman–Crippen LogP) is 1.81. The number of likely N-dealkylation sites (N-methyl/N-ethyl adjacent to an activating group) is 1. The van der Waals surface area contributed by atoms with Crippen LogP contribution in [-0.4, -0.2) is 54.6 Å². The van der Waals surface area contributed by atoms with E-state index in [-0.39, 0.29) is 6.54 Å². The largest absolute Gasteiger partial charge is 0.480 e. The summed E-state index contributed by atoms with van der Waals surface area (Å²) in [5.41, 5.74) is -0.921. The summed E-state index contributed by atoms with van der Waals surface area (Å²) in [4.78, 5) is 12.7. The Morgan fingerprint density at radius 3 is 2.50 bits per heavy atom. The van der Waals surface area contributed by atoms with Gasteiger partial charge in [0.15, 0.2) is 0 Å². The van der Waals surface area contributed by atoms with Gasteiger partial charge in [0.2, 0.25) is 0 Å². The molecule has 0 aliphatic carbocycles. The van der Waals surface area contributed by atoms with Gasteiger partial charge in [-0.05, 0) is 46.3 Å². The van der Waals surface area contributed by atoms with Crippen LogP contribution < -0.4 is 5.32 Å². The molecule has 0 saturated carbocycles. The first-order valence-electron chi connectivity index (χ1n) is 6.27. The molecule has 0 amide bonds. The standard InChI is InChI=1S/C12H24F2N2O2/c1-4-15-12(2,11(17)18)7-5-6-8-16(3)9-10(13)14/h10,15H,4-9H2,1-3H3,(H,17,18). The zero-order chi connectivity index (χ0) is 14.2. The highest BCUT2D eigenvalue weighted by molar-refractivity contribution is 5.78. The molecule has 0 aromatic rings. The highest BCUT2D eigenvalue weighted by atomic mass is 19.3. The summed E-state index contributed by atoms with van der Waals surface area (Å²) in [5, 5.41) is 12.1. The summed E-state index contributed by atoms with van der Waals surface area (Å²) in [7, 11) is 1.65. The predicted molar refractivity (Wildman–Crippen MR) is 67.1 cm³/mol. The Balaban J connectivity index is 3.90. The molecule has 108 valence electrons. The lowest BCUT2D eigenvalue weighted by Crippen LogP contribution is -2.49. The average molecular weight is 266 g/mol. The third-order valence-corrected chi connectivity index (χ3v) is 2.96. The first-order valence-corrected chi connectivity index (χ1v) is 6.27. The lowest BCUT2D eigenvalue weighted by atomic mass is 9.95. The fourth-order valence-corrected chi connectivity index (χ4v) is 1.85. The van der Waals surface area contributed by atoms with Crippen LogP contribution >= 0.6 is 0 Å². The highest BCUT2D eigenvalue weighted by Crippen LogP contribution is 2.14. The molecule has 0 heterocycles. The van der Waals surface area contributed by atoms with Crippen molar-refractivity contribution >= 4 is 5.97 Å². The van der Waals surface area contributed by atoms with Crippen LogP contribution in [0.15, 0.2) is 0 Å². The molecule has 4 nitrogen and oxygen atoms in total. The van der Waals surface area contributed by atoms with Gasteiger partial charge in [-0.1, -0.05) is 6.92 Å². The Morgan fingerprint density at radius 1 is 1.44 bits per heavy atom. The summed E-state index contributed by atoms with van der Waals surface area (Å²) < 4.78 is 24.1. The van der Waals surface area contributed by atoms with Crippen molar-refractivity contribution < 1.29 is 18.7 Å². The van der Waals surface area contributed by atoms with Gasteiger partial charge in [0, 0.05) is 0 Å². The summed E-state index contributed by atoms with van der Waals surface area (Å²) in [6.07, 6.45) is -0.402. The maximum Gasteiger partial charge on any atom is 0.323 e. The lowest BCUT2D eigenvalue weighted by molar-refractivity contribution is -0.144. The number of carboxylic acids is 1. The van der Waals surface area contributed by atoms with Gasteiger partial charge in [-0.2, -0.15) is 0 Å². The van der Waals surface area contributed by atoms with Gasteiger partial charge in [0.25, 0.3) is 6.43 Å². The second kappa shape index (κ2) is 8.37. The maximum atomic E-state index is 12.1. The van der Waals surface area contributed by atoms with Crippen molar-refractivity contribution in [2.24, 2.45) is 0 Å². The van der Waals surface area contributed by atoms with Gasteiger partial charge in [-0.3, -0.25) is 4.79 Å². The first kappa shape index (κ1) is 17.2. The van der Waals surface area contributed by atoms with Crippen LogP contribution in [0.2, 0.25) is 0 Å². The van der Waals surface area contributed by atoms with Crippen LogP contribution in [0.25, 0.3) is 0 Å². The summed E-state index contributed by atoms with van der Waals surface area (Å²) in [6.45, 7) is 4.43.